The predicted molar refractivity (Wildman–Crippen MR) is 115 cm³/mol. The molecule has 7 heteroatoms. The summed E-state index contributed by atoms with van der Waals surface area (Å²) < 4.78 is 0. The average Bonchev–Trinajstić information content (AvgIpc) is 2.71. The van der Waals surface area contributed by atoms with Crippen molar-refractivity contribution in [2.75, 3.05) is 11.5 Å². The topological polar surface area (TPSA) is 104 Å². The van der Waals surface area contributed by atoms with E-state index in [0.717, 1.165) is 17.3 Å². The molecule has 0 radical (unpaired) electrons. The number of hydrogen-bond donors (Lipinski definition) is 1. The van der Waals surface area contributed by atoms with Gasteiger partial charge in [-0.25, -0.2) is 4.98 Å². The fourth-order valence-electron chi connectivity index (χ4n) is 2.79. The van der Waals surface area contributed by atoms with Crippen LogP contribution in [0, 0.1) is 29.6 Å². The minimum Gasteiger partial charge on any atom is -0.383 e. The summed E-state index contributed by atoms with van der Waals surface area (Å²) >= 11 is 7.20. The van der Waals surface area contributed by atoms with Crippen molar-refractivity contribution in [2.45, 2.75) is 11.9 Å². The number of rotatable bonds is 5. The molecular formula is C22H15ClN4OS. The van der Waals surface area contributed by atoms with E-state index in [4.69, 9.17) is 17.3 Å². The number of hydrogen-bond acceptors (Lipinski definition) is 6. The van der Waals surface area contributed by atoms with Crippen molar-refractivity contribution in [1.82, 2.24) is 4.98 Å². The van der Waals surface area contributed by atoms with Gasteiger partial charge in [-0.05, 0) is 24.6 Å². The number of carbonyl (C=O) groups is 1. The lowest BCUT2D eigenvalue weighted by atomic mass is 9.97. The average molecular weight is 419 g/mol. The molecule has 0 bridgehead atoms. The Hall–Kier alpha value is -3.32. The van der Waals surface area contributed by atoms with Gasteiger partial charge in [0.15, 0.2) is 5.78 Å². The van der Waals surface area contributed by atoms with E-state index in [9.17, 15) is 15.3 Å². The molecule has 0 spiro atoms. The summed E-state index contributed by atoms with van der Waals surface area (Å²) in [7, 11) is 0. The number of aryl methyl sites for hydroxylation is 1. The van der Waals surface area contributed by atoms with Gasteiger partial charge in [0, 0.05) is 16.1 Å². The molecule has 0 aliphatic heterocycles. The predicted octanol–water partition coefficient (Wildman–Crippen LogP) is 5.01. The summed E-state index contributed by atoms with van der Waals surface area (Å²) in [4.78, 5) is 16.7. The number of nitrogens with zero attached hydrogens (tertiary/aromatic N) is 3. The van der Waals surface area contributed by atoms with Crippen LogP contribution in [0.4, 0.5) is 5.82 Å². The van der Waals surface area contributed by atoms with Crippen LogP contribution >= 0.6 is 23.4 Å². The molecule has 0 amide bonds. The number of ketones is 1. The number of nitrogen functional groups attached to an aromatic ring is 1. The van der Waals surface area contributed by atoms with Crippen LogP contribution in [0.2, 0.25) is 5.02 Å². The molecule has 3 rings (SSSR count). The van der Waals surface area contributed by atoms with Crippen LogP contribution in [-0.2, 0) is 0 Å². The van der Waals surface area contributed by atoms with Gasteiger partial charge in [-0.15, -0.1) is 0 Å². The van der Waals surface area contributed by atoms with E-state index in [2.05, 4.69) is 11.1 Å². The van der Waals surface area contributed by atoms with Crippen LogP contribution in [0.3, 0.4) is 0 Å². The lowest BCUT2D eigenvalue weighted by Gasteiger charge is -2.13. The molecule has 1 heterocycles. The van der Waals surface area contributed by atoms with E-state index < -0.39 is 0 Å². The molecular weight excluding hydrogens is 404 g/mol. The van der Waals surface area contributed by atoms with Gasteiger partial charge in [-0.3, -0.25) is 4.79 Å². The molecule has 0 unspecified atom stereocenters. The van der Waals surface area contributed by atoms with Crippen molar-refractivity contribution in [1.29, 1.82) is 10.5 Å². The highest BCUT2D eigenvalue weighted by Gasteiger charge is 2.21. The third-order valence-electron chi connectivity index (χ3n) is 4.24. The van der Waals surface area contributed by atoms with Gasteiger partial charge < -0.3 is 5.73 Å². The van der Waals surface area contributed by atoms with Gasteiger partial charge in [-0.2, -0.15) is 10.5 Å². The minimum absolute atomic E-state index is 0.00626. The highest BCUT2D eigenvalue weighted by molar-refractivity contribution is 8.00. The van der Waals surface area contributed by atoms with E-state index in [0.29, 0.717) is 26.7 Å². The molecule has 2 aromatic carbocycles. The molecule has 5 nitrogen and oxygen atoms in total. The summed E-state index contributed by atoms with van der Waals surface area (Å²) in [6, 6.07) is 18.2. The smallest absolute Gasteiger partial charge is 0.173 e. The van der Waals surface area contributed by atoms with Gasteiger partial charge in [0.1, 0.15) is 28.5 Å². The van der Waals surface area contributed by atoms with Crippen LogP contribution in [0.1, 0.15) is 27.0 Å². The maximum atomic E-state index is 12.5. The van der Waals surface area contributed by atoms with Crippen molar-refractivity contribution in [2.24, 2.45) is 0 Å². The number of anilines is 1. The number of Topliss-reactive ketones (excluding diaryl/α,β-unsaturated/α-hetero) is 1. The fraction of sp³-hybridized carbons (Fsp3) is 0.0909. The van der Waals surface area contributed by atoms with Crippen molar-refractivity contribution in [3.8, 4) is 23.3 Å². The summed E-state index contributed by atoms with van der Waals surface area (Å²) in [5.41, 5.74) is 8.90. The summed E-state index contributed by atoms with van der Waals surface area (Å²) in [5, 5.41) is 20.1. The number of aromatic nitrogens is 1. The van der Waals surface area contributed by atoms with Gasteiger partial charge >= 0.3 is 0 Å². The van der Waals surface area contributed by atoms with Crippen molar-refractivity contribution >= 4 is 35.0 Å². The second-order valence-electron chi connectivity index (χ2n) is 6.24. The van der Waals surface area contributed by atoms with E-state index in [1.165, 1.54) is 0 Å². The minimum atomic E-state index is -0.0899. The zero-order valence-electron chi connectivity index (χ0n) is 15.4. The van der Waals surface area contributed by atoms with E-state index in [1.54, 1.807) is 36.4 Å². The van der Waals surface area contributed by atoms with Crippen LogP contribution in [0.25, 0.3) is 11.1 Å². The molecule has 0 fully saturated rings. The summed E-state index contributed by atoms with van der Waals surface area (Å²) in [6.07, 6.45) is 0. The third kappa shape index (κ3) is 4.41. The zero-order chi connectivity index (χ0) is 21.0. The first-order chi connectivity index (χ1) is 13.9. The lowest BCUT2D eigenvalue weighted by molar-refractivity contribution is 0.102. The molecule has 1 aromatic heterocycles. The number of carbonyl (C=O) groups excluding carboxylic acids is 1. The molecule has 2 N–H and O–H groups in total. The highest BCUT2D eigenvalue weighted by atomic mass is 35.5. The van der Waals surface area contributed by atoms with Gasteiger partial charge in [0.05, 0.1) is 11.3 Å². The number of benzene rings is 2. The normalized spacial score (nSPS) is 10.2. The SMILES string of the molecule is Cc1ccc(C(=O)CSc2nc(N)c(C#N)c(-c3cccc(Cl)c3)c2C#N)cc1. The Morgan fingerprint density at radius 3 is 2.45 bits per heavy atom. The molecule has 0 atom stereocenters. The standard InChI is InChI=1S/C22H15ClN4OS/c1-13-5-7-14(8-6-13)19(28)12-29-22-18(11-25)20(17(10-24)21(26)27-22)15-3-2-4-16(23)9-15/h2-9H,12H2,1H3,(H2,26,27). The number of nitrogens with two attached hydrogens (primary N) is 1. The van der Waals surface area contributed by atoms with E-state index in [1.807, 2.05) is 25.1 Å². The summed E-state index contributed by atoms with van der Waals surface area (Å²) in [5.74, 6) is 0.00474. The molecule has 0 aliphatic carbocycles. The monoisotopic (exact) mass is 418 g/mol. The van der Waals surface area contributed by atoms with Crippen LogP contribution in [0.5, 0.6) is 0 Å². The first-order valence-corrected chi connectivity index (χ1v) is 9.93. The molecule has 142 valence electrons. The Balaban J connectivity index is 2.02. The molecule has 3 aromatic rings. The fourth-order valence-corrected chi connectivity index (χ4v) is 3.87. The molecule has 0 saturated carbocycles. The maximum Gasteiger partial charge on any atom is 0.173 e. The van der Waals surface area contributed by atoms with E-state index >= 15 is 0 Å². The Morgan fingerprint density at radius 2 is 1.83 bits per heavy atom. The Kier molecular flexibility index (Phi) is 6.19. The Labute approximate surface area is 177 Å². The Morgan fingerprint density at radius 1 is 1.14 bits per heavy atom. The first-order valence-electron chi connectivity index (χ1n) is 8.57. The Bertz CT molecular complexity index is 1180. The van der Waals surface area contributed by atoms with Crippen molar-refractivity contribution < 1.29 is 4.79 Å². The number of thioether (sulfide) groups is 1. The first kappa shape index (κ1) is 20.4. The zero-order valence-corrected chi connectivity index (χ0v) is 17.0. The largest absolute Gasteiger partial charge is 0.383 e. The molecule has 0 aliphatic rings. The van der Waals surface area contributed by atoms with Gasteiger partial charge in [0.25, 0.3) is 0 Å². The second kappa shape index (κ2) is 8.79. The lowest BCUT2D eigenvalue weighted by Crippen LogP contribution is -2.06. The van der Waals surface area contributed by atoms with Crippen LogP contribution in [-0.4, -0.2) is 16.5 Å². The van der Waals surface area contributed by atoms with E-state index in [-0.39, 0.29) is 28.5 Å². The van der Waals surface area contributed by atoms with Gasteiger partial charge in [-0.1, -0.05) is 65.3 Å². The molecule has 29 heavy (non-hydrogen) atoms. The van der Waals surface area contributed by atoms with Crippen LogP contribution in [0.15, 0.2) is 53.6 Å². The quantitative estimate of drug-likeness (QED) is 0.461. The van der Waals surface area contributed by atoms with Gasteiger partial charge in [0.2, 0.25) is 0 Å². The van der Waals surface area contributed by atoms with Crippen molar-refractivity contribution in [3.05, 3.63) is 75.8 Å². The van der Waals surface area contributed by atoms with Crippen LogP contribution < -0.4 is 5.73 Å². The highest BCUT2D eigenvalue weighted by Crippen LogP contribution is 2.36. The third-order valence-corrected chi connectivity index (χ3v) is 5.45. The number of halogens is 1. The van der Waals surface area contributed by atoms with Crippen molar-refractivity contribution in [3.63, 3.8) is 0 Å². The number of pyridine rings is 1. The second-order valence-corrected chi connectivity index (χ2v) is 7.64. The molecule has 0 saturated heterocycles. The summed E-state index contributed by atoms with van der Waals surface area (Å²) in [6.45, 7) is 1.95. The number of nitriles is 2. The maximum absolute atomic E-state index is 12.5.